The maximum atomic E-state index is 13.0. The molecule has 114 valence electrons. The van der Waals surface area contributed by atoms with Gasteiger partial charge in [0.15, 0.2) is 6.61 Å². The van der Waals surface area contributed by atoms with E-state index in [1.54, 1.807) is 0 Å². The number of rotatable bonds is 4. The van der Waals surface area contributed by atoms with Gasteiger partial charge in [-0.2, -0.15) is 0 Å². The number of halogens is 2. The fourth-order valence-electron chi connectivity index (χ4n) is 2.28. The highest BCUT2D eigenvalue weighted by Crippen LogP contribution is 2.22. The highest BCUT2D eigenvalue weighted by molar-refractivity contribution is 6.30. The fourth-order valence-corrected chi connectivity index (χ4v) is 2.45. The van der Waals surface area contributed by atoms with E-state index in [4.69, 9.17) is 21.4 Å². The van der Waals surface area contributed by atoms with Crippen LogP contribution in [0.5, 0.6) is 5.75 Å². The van der Waals surface area contributed by atoms with Crippen LogP contribution in [0.1, 0.15) is 19.3 Å². The van der Waals surface area contributed by atoms with Crippen molar-refractivity contribution in [1.29, 1.82) is 0 Å². The third-order valence-corrected chi connectivity index (χ3v) is 3.65. The zero-order valence-electron chi connectivity index (χ0n) is 11.2. The molecule has 1 aliphatic rings. The van der Waals surface area contributed by atoms with Crippen molar-refractivity contribution in [3.8, 4) is 5.75 Å². The van der Waals surface area contributed by atoms with Crippen LogP contribution in [0.4, 0.5) is 4.39 Å². The summed E-state index contributed by atoms with van der Waals surface area (Å²) in [5.74, 6) is -1.72. The van der Waals surface area contributed by atoms with Gasteiger partial charge in [0.05, 0.1) is 5.02 Å². The van der Waals surface area contributed by atoms with Crippen LogP contribution < -0.4 is 4.74 Å². The van der Waals surface area contributed by atoms with E-state index in [0.717, 1.165) is 18.9 Å². The van der Waals surface area contributed by atoms with Crippen molar-refractivity contribution < 1.29 is 23.8 Å². The molecule has 0 saturated carbocycles. The number of nitrogens with zero attached hydrogens (tertiary/aromatic N) is 1. The molecule has 1 aromatic carbocycles. The minimum absolute atomic E-state index is 0.0960. The molecule has 0 aliphatic carbocycles. The van der Waals surface area contributed by atoms with Crippen molar-refractivity contribution in [2.45, 2.75) is 25.3 Å². The third kappa shape index (κ3) is 3.85. The molecule has 1 fully saturated rings. The Balaban J connectivity index is 1.96. The number of hydrogen-bond donors (Lipinski definition) is 1. The van der Waals surface area contributed by atoms with Gasteiger partial charge in [0, 0.05) is 12.6 Å². The zero-order valence-corrected chi connectivity index (χ0v) is 12.0. The number of amides is 1. The number of hydrogen-bond acceptors (Lipinski definition) is 3. The van der Waals surface area contributed by atoms with Gasteiger partial charge >= 0.3 is 5.97 Å². The van der Waals surface area contributed by atoms with Crippen molar-refractivity contribution >= 4 is 23.5 Å². The van der Waals surface area contributed by atoms with Gasteiger partial charge in [-0.1, -0.05) is 11.6 Å². The summed E-state index contributed by atoms with van der Waals surface area (Å²) in [5, 5.41) is 9.02. The first kappa shape index (κ1) is 15.6. The number of carbonyl (C=O) groups is 2. The lowest BCUT2D eigenvalue weighted by Gasteiger charge is -2.32. The lowest BCUT2D eigenvalue weighted by molar-refractivity contribution is -0.152. The standard InChI is InChI=1S/C14H15ClFNO4/c15-10-7-9(4-5-11(10)16)21-8-13(18)17-6-2-1-3-12(17)14(19)20/h4-5,7,12H,1-3,6,8H2,(H,19,20)/t12-/m1/s1. The molecule has 0 unspecified atom stereocenters. The van der Waals surface area contributed by atoms with Crippen LogP contribution in [0.3, 0.4) is 0 Å². The summed E-state index contributed by atoms with van der Waals surface area (Å²) in [5.41, 5.74) is 0. The molecule has 2 rings (SSSR count). The Bertz CT molecular complexity index is 552. The molecule has 0 bridgehead atoms. The quantitative estimate of drug-likeness (QED) is 0.926. The molecular weight excluding hydrogens is 301 g/mol. The molecule has 0 aromatic heterocycles. The van der Waals surface area contributed by atoms with E-state index in [-0.39, 0.29) is 17.4 Å². The molecule has 1 aromatic rings. The SMILES string of the molecule is O=C(O)[C@H]1CCCCN1C(=O)COc1ccc(F)c(Cl)c1. The molecule has 5 nitrogen and oxygen atoms in total. The van der Waals surface area contributed by atoms with Crippen molar-refractivity contribution in [2.75, 3.05) is 13.2 Å². The number of carbonyl (C=O) groups excluding carboxylic acids is 1. The van der Waals surface area contributed by atoms with Crippen LogP contribution in [0.15, 0.2) is 18.2 Å². The molecular formula is C14H15ClFNO4. The smallest absolute Gasteiger partial charge is 0.326 e. The lowest BCUT2D eigenvalue weighted by atomic mass is 10.0. The number of likely N-dealkylation sites (tertiary alicyclic amines) is 1. The number of benzene rings is 1. The number of carboxylic acids is 1. The van der Waals surface area contributed by atoms with Gasteiger partial charge in [0.25, 0.3) is 5.91 Å². The van der Waals surface area contributed by atoms with E-state index in [1.807, 2.05) is 0 Å². The van der Waals surface area contributed by atoms with Gasteiger partial charge in [0.2, 0.25) is 0 Å². The van der Waals surface area contributed by atoms with E-state index in [0.29, 0.717) is 13.0 Å². The maximum Gasteiger partial charge on any atom is 0.326 e. The Kier molecular flexibility index (Phi) is 5.01. The Labute approximate surface area is 126 Å². The normalized spacial score (nSPS) is 18.4. The van der Waals surface area contributed by atoms with Crippen molar-refractivity contribution in [2.24, 2.45) is 0 Å². The minimum atomic E-state index is -1.01. The van der Waals surface area contributed by atoms with Gasteiger partial charge in [-0.3, -0.25) is 4.79 Å². The minimum Gasteiger partial charge on any atom is -0.484 e. The molecule has 1 amide bonds. The highest BCUT2D eigenvalue weighted by Gasteiger charge is 2.31. The molecule has 1 heterocycles. The summed E-state index contributed by atoms with van der Waals surface area (Å²) in [6.45, 7) is 0.106. The molecule has 1 atom stereocenters. The third-order valence-electron chi connectivity index (χ3n) is 3.36. The topological polar surface area (TPSA) is 66.8 Å². The van der Waals surface area contributed by atoms with Crippen molar-refractivity contribution in [3.63, 3.8) is 0 Å². The Morgan fingerprint density at radius 2 is 2.19 bits per heavy atom. The van der Waals surface area contributed by atoms with Gasteiger partial charge in [-0.25, -0.2) is 9.18 Å². The Morgan fingerprint density at radius 3 is 2.86 bits per heavy atom. The molecule has 21 heavy (non-hydrogen) atoms. The molecule has 1 aliphatic heterocycles. The average Bonchev–Trinajstić information content (AvgIpc) is 2.48. The zero-order chi connectivity index (χ0) is 15.4. The van der Waals surface area contributed by atoms with Crippen LogP contribution in [-0.4, -0.2) is 41.1 Å². The fraction of sp³-hybridized carbons (Fsp3) is 0.429. The second-order valence-electron chi connectivity index (χ2n) is 4.80. The van der Waals surface area contributed by atoms with Crippen molar-refractivity contribution in [3.05, 3.63) is 29.0 Å². The van der Waals surface area contributed by atoms with Gasteiger partial charge in [0.1, 0.15) is 17.6 Å². The summed E-state index contributed by atoms with van der Waals surface area (Å²) in [4.78, 5) is 24.5. The summed E-state index contributed by atoms with van der Waals surface area (Å²) in [6, 6.07) is 2.98. The van der Waals surface area contributed by atoms with Gasteiger partial charge in [-0.05, 0) is 31.4 Å². The molecule has 0 radical (unpaired) electrons. The average molecular weight is 316 g/mol. The van der Waals surface area contributed by atoms with Crippen LogP contribution in [0.25, 0.3) is 0 Å². The van der Waals surface area contributed by atoms with Gasteiger partial charge in [-0.15, -0.1) is 0 Å². The van der Waals surface area contributed by atoms with Crippen molar-refractivity contribution in [1.82, 2.24) is 4.90 Å². The summed E-state index contributed by atoms with van der Waals surface area (Å²) in [6.07, 6.45) is 2.01. The van der Waals surface area contributed by atoms with Crippen LogP contribution >= 0.6 is 11.6 Å². The van der Waals surface area contributed by atoms with Crippen LogP contribution in [-0.2, 0) is 9.59 Å². The largest absolute Gasteiger partial charge is 0.484 e. The van der Waals surface area contributed by atoms with E-state index in [1.165, 1.54) is 17.0 Å². The molecule has 1 saturated heterocycles. The summed E-state index contributed by atoms with van der Waals surface area (Å²) in [7, 11) is 0. The van der Waals surface area contributed by atoms with Gasteiger partial charge < -0.3 is 14.7 Å². The first-order valence-electron chi connectivity index (χ1n) is 6.59. The maximum absolute atomic E-state index is 13.0. The number of ether oxygens (including phenoxy) is 1. The van der Waals surface area contributed by atoms with Crippen LogP contribution in [0.2, 0.25) is 5.02 Å². The van der Waals surface area contributed by atoms with E-state index in [9.17, 15) is 14.0 Å². The summed E-state index contributed by atoms with van der Waals surface area (Å²) >= 11 is 5.61. The number of carboxylic acid groups (broad SMARTS) is 1. The first-order chi connectivity index (χ1) is 9.99. The molecule has 0 spiro atoms. The monoisotopic (exact) mass is 315 g/mol. The van der Waals surface area contributed by atoms with E-state index < -0.39 is 23.7 Å². The summed E-state index contributed by atoms with van der Waals surface area (Å²) < 4.78 is 18.3. The van der Waals surface area contributed by atoms with E-state index >= 15 is 0 Å². The number of piperidine rings is 1. The number of aliphatic carboxylic acids is 1. The predicted molar refractivity (Wildman–Crippen MR) is 73.9 cm³/mol. The Hall–Kier alpha value is -1.82. The second kappa shape index (κ2) is 6.76. The predicted octanol–water partition coefficient (Wildman–Crippen LogP) is 2.32. The second-order valence-corrected chi connectivity index (χ2v) is 5.21. The Morgan fingerprint density at radius 1 is 1.43 bits per heavy atom. The van der Waals surface area contributed by atoms with E-state index in [2.05, 4.69) is 0 Å². The molecule has 7 heteroatoms. The van der Waals surface area contributed by atoms with Crippen LogP contribution in [0, 0.1) is 5.82 Å². The molecule has 1 N–H and O–H groups in total. The lowest BCUT2D eigenvalue weighted by Crippen LogP contribution is -2.49. The highest BCUT2D eigenvalue weighted by atomic mass is 35.5. The first-order valence-corrected chi connectivity index (χ1v) is 6.97.